The van der Waals surface area contributed by atoms with Crippen LogP contribution >= 0.6 is 0 Å². The number of ether oxygens (including phenoxy) is 1. The van der Waals surface area contributed by atoms with E-state index in [1.165, 1.54) is 6.07 Å². The summed E-state index contributed by atoms with van der Waals surface area (Å²) in [5.41, 5.74) is 0.0237. The Morgan fingerprint density at radius 1 is 1.38 bits per heavy atom. The van der Waals surface area contributed by atoms with E-state index >= 15 is 0 Å². The standard InChI is InChI=1S/C11H12F3NO/c12-9-2-1-7(11(13)14)5-8(9)10-6-15-3-4-16-10/h1-2,5,10-11,15H,3-4,6H2. The average Bonchev–Trinajstić information content (AvgIpc) is 2.30. The van der Waals surface area contributed by atoms with E-state index in [1.807, 2.05) is 0 Å². The van der Waals surface area contributed by atoms with Gasteiger partial charge in [-0.15, -0.1) is 0 Å². The van der Waals surface area contributed by atoms with Crippen LogP contribution in [-0.2, 0) is 4.74 Å². The van der Waals surface area contributed by atoms with Crippen LogP contribution in [0, 0.1) is 5.82 Å². The third kappa shape index (κ3) is 2.36. The van der Waals surface area contributed by atoms with Gasteiger partial charge in [0.15, 0.2) is 0 Å². The van der Waals surface area contributed by atoms with E-state index in [1.54, 1.807) is 0 Å². The van der Waals surface area contributed by atoms with Crippen molar-refractivity contribution in [3.05, 3.63) is 35.1 Å². The van der Waals surface area contributed by atoms with Gasteiger partial charge >= 0.3 is 0 Å². The van der Waals surface area contributed by atoms with Crippen LogP contribution in [-0.4, -0.2) is 19.7 Å². The van der Waals surface area contributed by atoms with Gasteiger partial charge in [0.05, 0.1) is 12.7 Å². The normalized spacial score (nSPS) is 21.4. The van der Waals surface area contributed by atoms with E-state index in [4.69, 9.17) is 4.74 Å². The fourth-order valence-electron chi connectivity index (χ4n) is 1.71. The zero-order valence-corrected chi connectivity index (χ0v) is 8.55. The van der Waals surface area contributed by atoms with E-state index in [0.29, 0.717) is 19.7 Å². The first kappa shape index (κ1) is 11.4. The Morgan fingerprint density at radius 2 is 2.19 bits per heavy atom. The van der Waals surface area contributed by atoms with Crippen molar-refractivity contribution in [2.45, 2.75) is 12.5 Å². The first-order chi connectivity index (χ1) is 7.68. The lowest BCUT2D eigenvalue weighted by atomic mass is 10.0. The third-order valence-electron chi connectivity index (χ3n) is 2.55. The molecule has 0 radical (unpaired) electrons. The highest BCUT2D eigenvalue weighted by Gasteiger charge is 2.21. The molecule has 1 aliphatic rings. The minimum Gasteiger partial charge on any atom is -0.371 e. The molecule has 1 aromatic carbocycles. The van der Waals surface area contributed by atoms with Gasteiger partial charge in [0.2, 0.25) is 0 Å². The largest absolute Gasteiger partial charge is 0.371 e. The van der Waals surface area contributed by atoms with E-state index in [9.17, 15) is 13.2 Å². The molecular weight excluding hydrogens is 219 g/mol. The lowest BCUT2D eigenvalue weighted by molar-refractivity contribution is 0.0253. The number of halogens is 3. The second kappa shape index (κ2) is 4.84. The Hall–Kier alpha value is -1.07. The first-order valence-electron chi connectivity index (χ1n) is 5.08. The first-order valence-corrected chi connectivity index (χ1v) is 5.08. The highest BCUT2D eigenvalue weighted by Crippen LogP contribution is 2.27. The fourth-order valence-corrected chi connectivity index (χ4v) is 1.71. The lowest BCUT2D eigenvalue weighted by Gasteiger charge is -2.24. The quantitative estimate of drug-likeness (QED) is 0.844. The Bertz CT molecular complexity index is 364. The highest BCUT2D eigenvalue weighted by molar-refractivity contribution is 5.28. The van der Waals surface area contributed by atoms with E-state index in [2.05, 4.69) is 5.32 Å². The van der Waals surface area contributed by atoms with Crippen LogP contribution in [0.5, 0.6) is 0 Å². The maximum atomic E-state index is 13.5. The number of hydrogen-bond donors (Lipinski definition) is 1. The molecule has 1 saturated heterocycles. The summed E-state index contributed by atoms with van der Waals surface area (Å²) >= 11 is 0. The van der Waals surface area contributed by atoms with Gasteiger partial charge in [-0.1, -0.05) is 6.07 Å². The van der Waals surface area contributed by atoms with Crippen LogP contribution in [0.4, 0.5) is 13.2 Å². The van der Waals surface area contributed by atoms with Crippen LogP contribution < -0.4 is 5.32 Å². The molecule has 1 atom stereocenters. The summed E-state index contributed by atoms with van der Waals surface area (Å²) < 4.78 is 43.7. The summed E-state index contributed by atoms with van der Waals surface area (Å²) in [6.07, 6.45) is -3.07. The minimum absolute atomic E-state index is 0.175. The zero-order chi connectivity index (χ0) is 11.5. The van der Waals surface area contributed by atoms with Gasteiger partial charge in [0.1, 0.15) is 5.82 Å². The van der Waals surface area contributed by atoms with Crippen molar-refractivity contribution >= 4 is 0 Å². The Balaban J connectivity index is 2.27. The van der Waals surface area contributed by atoms with Gasteiger partial charge in [-0.2, -0.15) is 0 Å². The minimum atomic E-state index is -2.59. The topological polar surface area (TPSA) is 21.3 Å². The third-order valence-corrected chi connectivity index (χ3v) is 2.55. The molecule has 1 N–H and O–H groups in total. The second-order valence-corrected chi connectivity index (χ2v) is 3.65. The molecule has 2 nitrogen and oxygen atoms in total. The maximum Gasteiger partial charge on any atom is 0.263 e. The average molecular weight is 231 g/mol. The van der Waals surface area contributed by atoms with Gasteiger partial charge in [-0.25, -0.2) is 13.2 Å². The number of morpholine rings is 1. The molecule has 0 aliphatic carbocycles. The molecule has 0 saturated carbocycles. The highest BCUT2D eigenvalue weighted by atomic mass is 19.3. The summed E-state index contributed by atoms with van der Waals surface area (Å²) in [6.45, 7) is 1.61. The Labute approximate surface area is 91.4 Å². The molecule has 0 spiro atoms. The number of rotatable bonds is 2. The summed E-state index contributed by atoms with van der Waals surface area (Å²) in [7, 11) is 0. The van der Waals surface area contributed by atoms with Crippen molar-refractivity contribution in [2.24, 2.45) is 0 Å². The molecule has 1 aliphatic heterocycles. The summed E-state index contributed by atoms with van der Waals surface area (Å²) in [5.74, 6) is -0.502. The van der Waals surface area contributed by atoms with Crippen molar-refractivity contribution in [2.75, 3.05) is 19.7 Å². The van der Waals surface area contributed by atoms with Crippen LogP contribution in [0.15, 0.2) is 18.2 Å². The van der Waals surface area contributed by atoms with Crippen LogP contribution in [0.3, 0.4) is 0 Å². The van der Waals surface area contributed by atoms with Crippen molar-refractivity contribution < 1.29 is 17.9 Å². The molecule has 0 amide bonds. The fraction of sp³-hybridized carbons (Fsp3) is 0.455. The summed E-state index contributed by atoms with van der Waals surface area (Å²) in [6, 6.07) is 3.34. The number of hydrogen-bond acceptors (Lipinski definition) is 2. The molecule has 0 aromatic heterocycles. The van der Waals surface area contributed by atoms with E-state index in [-0.39, 0.29) is 11.1 Å². The number of benzene rings is 1. The van der Waals surface area contributed by atoms with Gasteiger partial charge in [-0.3, -0.25) is 0 Å². The monoisotopic (exact) mass is 231 g/mol. The summed E-state index contributed by atoms with van der Waals surface area (Å²) in [4.78, 5) is 0. The van der Waals surface area contributed by atoms with Gasteiger partial charge in [0, 0.05) is 24.2 Å². The van der Waals surface area contributed by atoms with Gasteiger partial charge in [-0.05, 0) is 12.1 Å². The number of nitrogens with one attached hydrogen (secondary N) is 1. The van der Waals surface area contributed by atoms with Crippen LogP contribution in [0.2, 0.25) is 0 Å². The smallest absolute Gasteiger partial charge is 0.263 e. The molecule has 1 aromatic rings. The molecule has 0 bridgehead atoms. The van der Waals surface area contributed by atoms with E-state index < -0.39 is 18.3 Å². The van der Waals surface area contributed by atoms with Crippen molar-refractivity contribution in [3.8, 4) is 0 Å². The van der Waals surface area contributed by atoms with Crippen molar-refractivity contribution in [1.29, 1.82) is 0 Å². The predicted octanol–water partition coefficient (Wildman–Crippen LogP) is 2.42. The van der Waals surface area contributed by atoms with Gasteiger partial charge in [0.25, 0.3) is 6.43 Å². The molecule has 2 rings (SSSR count). The summed E-state index contributed by atoms with van der Waals surface area (Å²) in [5, 5.41) is 3.03. The predicted molar refractivity (Wildman–Crippen MR) is 52.9 cm³/mol. The molecule has 1 heterocycles. The number of alkyl halides is 2. The SMILES string of the molecule is Fc1ccc(C(F)F)cc1C1CNCCO1. The second-order valence-electron chi connectivity index (χ2n) is 3.65. The molecular formula is C11H12F3NO. The molecule has 16 heavy (non-hydrogen) atoms. The van der Waals surface area contributed by atoms with Crippen molar-refractivity contribution in [1.82, 2.24) is 5.32 Å². The van der Waals surface area contributed by atoms with Crippen LogP contribution in [0.1, 0.15) is 23.7 Å². The maximum absolute atomic E-state index is 13.5. The van der Waals surface area contributed by atoms with Gasteiger partial charge < -0.3 is 10.1 Å². The molecule has 1 fully saturated rings. The zero-order valence-electron chi connectivity index (χ0n) is 8.55. The lowest BCUT2D eigenvalue weighted by Crippen LogP contribution is -2.33. The Kier molecular flexibility index (Phi) is 3.46. The van der Waals surface area contributed by atoms with E-state index in [0.717, 1.165) is 12.1 Å². The Morgan fingerprint density at radius 3 is 2.81 bits per heavy atom. The molecule has 5 heteroatoms. The van der Waals surface area contributed by atoms with Crippen LogP contribution in [0.25, 0.3) is 0 Å². The molecule has 88 valence electrons. The molecule has 1 unspecified atom stereocenters. The van der Waals surface area contributed by atoms with Crippen molar-refractivity contribution in [3.63, 3.8) is 0 Å².